The maximum absolute atomic E-state index is 12.8. The van der Waals surface area contributed by atoms with Gasteiger partial charge in [-0.3, -0.25) is 14.3 Å². The molecule has 0 saturated heterocycles. The lowest BCUT2D eigenvalue weighted by Crippen LogP contribution is -2.30. The Bertz CT molecular complexity index is 1280. The third-order valence-electron chi connectivity index (χ3n) is 4.79. The molecule has 2 amide bonds. The molecule has 10 heteroatoms. The Morgan fingerprint density at radius 3 is 2.12 bits per heavy atom. The summed E-state index contributed by atoms with van der Waals surface area (Å²) in [6, 6.07) is 18.3. The highest BCUT2D eigenvalue weighted by Gasteiger charge is 2.18. The summed E-state index contributed by atoms with van der Waals surface area (Å²) in [5, 5.41) is 14.8. The number of carbonyl (C=O) groups is 2. The van der Waals surface area contributed by atoms with Crippen molar-refractivity contribution in [2.45, 2.75) is 11.3 Å². The fourth-order valence-corrected chi connectivity index (χ4v) is 4.20. The largest absolute Gasteiger partial charge is 0.508 e. The van der Waals surface area contributed by atoms with Crippen molar-refractivity contribution in [2.75, 3.05) is 24.9 Å². The van der Waals surface area contributed by atoms with Crippen LogP contribution in [0.5, 0.6) is 11.5 Å². The van der Waals surface area contributed by atoms with Crippen molar-refractivity contribution in [2.24, 2.45) is 0 Å². The summed E-state index contributed by atoms with van der Waals surface area (Å²) in [4.78, 5) is 24.4. The van der Waals surface area contributed by atoms with Gasteiger partial charge in [-0.15, -0.1) is 0 Å². The van der Waals surface area contributed by atoms with Crippen LogP contribution >= 0.6 is 0 Å². The number of amides is 2. The van der Waals surface area contributed by atoms with Crippen LogP contribution in [0.25, 0.3) is 0 Å². The molecule has 0 radical (unpaired) electrons. The molecule has 0 aromatic heterocycles. The molecular weight excluding hydrogens is 458 g/mol. The van der Waals surface area contributed by atoms with Gasteiger partial charge in [0.15, 0.2) is 0 Å². The first-order valence-electron chi connectivity index (χ1n) is 10.4. The highest BCUT2D eigenvalue weighted by atomic mass is 32.2. The van der Waals surface area contributed by atoms with Gasteiger partial charge >= 0.3 is 0 Å². The normalized spacial score (nSPS) is 10.9. The molecule has 0 fully saturated rings. The van der Waals surface area contributed by atoms with Gasteiger partial charge in [0.25, 0.3) is 21.8 Å². The van der Waals surface area contributed by atoms with Gasteiger partial charge in [-0.05, 0) is 55.0 Å². The van der Waals surface area contributed by atoms with E-state index in [4.69, 9.17) is 4.74 Å². The van der Waals surface area contributed by atoms with E-state index in [2.05, 4.69) is 15.4 Å². The number of anilines is 1. The lowest BCUT2D eigenvalue weighted by atomic mass is 10.2. The molecule has 0 atom stereocenters. The van der Waals surface area contributed by atoms with E-state index < -0.39 is 15.9 Å². The Hall–Kier alpha value is -4.05. The fourth-order valence-electron chi connectivity index (χ4n) is 3.08. The first-order valence-corrected chi connectivity index (χ1v) is 11.9. The number of rotatable bonds is 10. The Labute approximate surface area is 197 Å². The Kier molecular flexibility index (Phi) is 8.10. The van der Waals surface area contributed by atoms with Crippen molar-refractivity contribution < 1.29 is 27.9 Å². The average molecular weight is 484 g/mol. The number of hydrogen-bond acceptors (Lipinski definition) is 6. The number of hydrogen-bond donors (Lipinski definition) is 4. The molecule has 3 rings (SSSR count). The zero-order valence-electron chi connectivity index (χ0n) is 18.4. The molecular formula is C24H25N3O6S. The van der Waals surface area contributed by atoms with Crippen molar-refractivity contribution >= 4 is 27.5 Å². The van der Waals surface area contributed by atoms with Crippen LogP contribution in [0.3, 0.4) is 0 Å². The Morgan fingerprint density at radius 1 is 0.853 bits per heavy atom. The number of ether oxygens (including phenoxy) is 1. The molecule has 0 aliphatic carbocycles. The maximum atomic E-state index is 12.8. The van der Waals surface area contributed by atoms with Crippen molar-refractivity contribution in [3.05, 3.63) is 83.9 Å². The van der Waals surface area contributed by atoms with E-state index in [0.717, 1.165) is 0 Å². The number of benzene rings is 3. The molecule has 34 heavy (non-hydrogen) atoms. The van der Waals surface area contributed by atoms with Crippen molar-refractivity contribution in [3.8, 4) is 11.5 Å². The van der Waals surface area contributed by atoms with Crippen LogP contribution in [0, 0.1) is 0 Å². The molecule has 0 unspecified atom stereocenters. The summed E-state index contributed by atoms with van der Waals surface area (Å²) in [6.07, 6.45) is 0.462. The Morgan fingerprint density at radius 2 is 1.47 bits per heavy atom. The second-order valence-electron chi connectivity index (χ2n) is 7.25. The predicted octanol–water partition coefficient (Wildman–Crippen LogP) is 2.75. The third-order valence-corrected chi connectivity index (χ3v) is 6.15. The van der Waals surface area contributed by atoms with Crippen molar-refractivity contribution in [3.63, 3.8) is 0 Å². The lowest BCUT2D eigenvalue weighted by Gasteiger charge is -2.12. The number of phenols is 1. The second kappa shape index (κ2) is 11.2. The summed E-state index contributed by atoms with van der Waals surface area (Å²) in [7, 11) is -2.50. The van der Waals surface area contributed by atoms with E-state index in [1.54, 1.807) is 36.4 Å². The molecule has 0 saturated carbocycles. The zero-order valence-corrected chi connectivity index (χ0v) is 19.3. The number of phenolic OH excluding ortho intramolecular Hbond substituents is 1. The quantitative estimate of drug-likeness (QED) is 0.328. The van der Waals surface area contributed by atoms with Crippen LogP contribution in [0.4, 0.5) is 5.69 Å². The van der Waals surface area contributed by atoms with E-state index in [-0.39, 0.29) is 34.3 Å². The summed E-state index contributed by atoms with van der Waals surface area (Å²) in [6.45, 7) is 0.585. The minimum Gasteiger partial charge on any atom is -0.508 e. The molecule has 0 spiro atoms. The van der Waals surface area contributed by atoms with Gasteiger partial charge in [0.05, 0.1) is 17.7 Å². The van der Waals surface area contributed by atoms with E-state index in [0.29, 0.717) is 24.3 Å². The van der Waals surface area contributed by atoms with Crippen LogP contribution < -0.4 is 20.1 Å². The van der Waals surface area contributed by atoms with Crippen LogP contribution in [-0.4, -0.2) is 45.5 Å². The molecule has 0 heterocycles. The summed E-state index contributed by atoms with van der Waals surface area (Å²) < 4.78 is 33.2. The van der Waals surface area contributed by atoms with Crippen LogP contribution in [0.15, 0.2) is 77.7 Å². The number of aromatic hydroxyl groups is 1. The van der Waals surface area contributed by atoms with Gasteiger partial charge < -0.3 is 20.5 Å². The minimum atomic E-state index is -3.95. The highest BCUT2D eigenvalue weighted by molar-refractivity contribution is 7.92. The van der Waals surface area contributed by atoms with Crippen LogP contribution in [-0.2, 0) is 10.0 Å². The number of methoxy groups -OCH3 is 1. The van der Waals surface area contributed by atoms with E-state index in [9.17, 15) is 23.1 Å². The van der Waals surface area contributed by atoms with Crippen LogP contribution in [0.1, 0.15) is 27.1 Å². The lowest BCUT2D eigenvalue weighted by molar-refractivity contribution is 0.0951. The van der Waals surface area contributed by atoms with E-state index >= 15 is 0 Å². The van der Waals surface area contributed by atoms with Crippen molar-refractivity contribution in [1.82, 2.24) is 10.6 Å². The van der Waals surface area contributed by atoms with Gasteiger partial charge in [-0.1, -0.05) is 24.3 Å². The smallest absolute Gasteiger partial charge is 0.262 e. The molecule has 3 aromatic rings. The summed E-state index contributed by atoms with van der Waals surface area (Å²) in [5.74, 6) is -0.394. The molecule has 0 aliphatic rings. The highest BCUT2D eigenvalue weighted by Crippen LogP contribution is 2.26. The number of carbonyl (C=O) groups excluding carboxylic acids is 2. The standard InChI is InChI=1S/C24H25N3O6S/c1-33-22-12-3-2-11-21(22)27-34(31,32)20-10-5-8-18(16-20)24(30)26-14-6-13-25-23(29)17-7-4-9-19(28)15-17/h2-5,7-12,15-16,27-28H,6,13-14H2,1H3,(H,25,29)(H,26,30). The monoisotopic (exact) mass is 483 g/mol. The first-order chi connectivity index (χ1) is 16.3. The van der Waals surface area contributed by atoms with Crippen LogP contribution in [0.2, 0.25) is 0 Å². The molecule has 0 bridgehead atoms. The van der Waals surface area contributed by atoms with E-state index in [1.165, 1.54) is 43.5 Å². The predicted molar refractivity (Wildman–Crippen MR) is 128 cm³/mol. The van der Waals surface area contributed by atoms with Gasteiger partial charge in [0.2, 0.25) is 0 Å². The molecule has 4 N–H and O–H groups in total. The molecule has 9 nitrogen and oxygen atoms in total. The molecule has 0 aliphatic heterocycles. The van der Waals surface area contributed by atoms with Gasteiger partial charge in [0, 0.05) is 24.2 Å². The minimum absolute atomic E-state index is 0.00210. The number of sulfonamides is 1. The maximum Gasteiger partial charge on any atom is 0.262 e. The summed E-state index contributed by atoms with van der Waals surface area (Å²) >= 11 is 0. The number of nitrogens with one attached hydrogen (secondary N) is 3. The average Bonchev–Trinajstić information content (AvgIpc) is 2.83. The van der Waals surface area contributed by atoms with Crippen molar-refractivity contribution in [1.29, 1.82) is 0 Å². The fraction of sp³-hybridized carbons (Fsp3) is 0.167. The van der Waals surface area contributed by atoms with Gasteiger partial charge in [-0.25, -0.2) is 8.42 Å². The number of para-hydroxylation sites is 2. The third kappa shape index (κ3) is 6.48. The zero-order chi connectivity index (χ0) is 24.6. The van der Waals surface area contributed by atoms with Gasteiger partial charge in [0.1, 0.15) is 11.5 Å². The second-order valence-corrected chi connectivity index (χ2v) is 8.93. The topological polar surface area (TPSA) is 134 Å². The Balaban J connectivity index is 1.53. The first kappa shape index (κ1) is 24.6. The SMILES string of the molecule is COc1ccccc1NS(=O)(=O)c1cccc(C(=O)NCCCNC(=O)c2cccc(O)c2)c1. The molecule has 3 aromatic carbocycles. The van der Waals surface area contributed by atoms with E-state index in [1.807, 2.05) is 0 Å². The van der Waals surface area contributed by atoms with Gasteiger partial charge in [-0.2, -0.15) is 0 Å². The molecule has 178 valence electrons. The summed E-state index contributed by atoms with van der Waals surface area (Å²) in [5.41, 5.74) is 0.808.